The summed E-state index contributed by atoms with van der Waals surface area (Å²) in [6, 6.07) is 5.13. The number of aliphatic hydroxyl groups is 1. The van der Waals surface area contributed by atoms with Gasteiger partial charge >= 0.3 is 0 Å². The zero-order valence-corrected chi connectivity index (χ0v) is 13.2. The molecule has 0 atom stereocenters. The van der Waals surface area contributed by atoms with E-state index in [9.17, 15) is 13.9 Å². The van der Waals surface area contributed by atoms with Gasteiger partial charge in [-0.1, -0.05) is 30.9 Å². The minimum Gasteiger partial charge on any atom is -0.507 e. The van der Waals surface area contributed by atoms with Crippen LogP contribution >= 0.6 is 0 Å². The third kappa shape index (κ3) is 3.80. The van der Waals surface area contributed by atoms with Crippen molar-refractivity contribution in [3.05, 3.63) is 89.9 Å². The third-order valence-corrected chi connectivity index (χ3v) is 3.56. The molecule has 6 heteroatoms. The number of H-pyrrole nitrogens is 1. The van der Waals surface area contributed by atoms with Crippen molar-refractivity contribution in [2.75, 3.05) is 0 Å². The van der Waals surface area contributed by atoms with Gasteiger partial charge in [0, 0.05) is 24.2 Å². The predicted octanol–water partition coefficient (Wildman–Crippen LogP) is 4.47. The molecule has 4 nitrogen and oxygen atoms in total. The van der Waals surface area contributed by atoms with Crippen LogP contribution in [0, 0.1) is 11.6 Å². The molecule has 2 heterocycles. The van der Waals surface area contributed by atoms with E-state index in [-0.39, 0.29) is 12.2 Å². The van der Waals surface area contributed by atoms with Crippen molar-refractivity contribution < 1.29 is 13.9 Å². The average Bonchev–Trinajstić information content (AvgIpc) is 2.99. The summed E-state index contributed by atoms with van der Waals surface area (Å²) in [4.78, 5) is 11.5. The highest BCUT2D eigenvalue weighted by Crippen LogP contribution is 2.19. The summed E-state index contributed by atoms with van der Waals surface area (Å²) in [7, 11) is 0. The number of imidazole rings is 1. The number of aliphatic hydroxyl groups excluding tert-OH is 1. The molecule has 0 saturated heterocycles. The van der Waals surface area contributed by atoms with Crippen molar-refractivity contribution in [1.29, 1.82) is 0 Å². The van der Waals surface area contributed by atoms with E-state index >= 15 is 0 Å². The lowest BCUT2D eigenvalue weighted by molar-refractivity contribution is 0.511. The van der Waals surface area contributed by atoms with Crippen LogP contribution in [0.2, 0.25) is 0 Å². The lowest BCUT2D eigenvalue weighted by Gasteiger charge is -2.00. The Balaban J connectivity index is 1.88. The van der Waals surface area contributed by atoms with E-state index in [0.717, 1.165) is 6.07 Å². The molecule has 25 heavy (non-hydrogen) atoms. The van der Waals surface area contributed by atoms with Gasteiger partial charge in [-0.3, -0.25) is 0 Å². The summed E-state index contributed by atoms with van der Waals surface area (Å²) in [5, 5.41) is 10.0. The first-order valence-electron chi connectivity index (χ1n) is 7.54. The van der Waals surface area contributed by atoms with Crippen LogP contribution in [0.5, 0.6) is 0 Å². The van der Waals surface area contributed by atoms with Crippen LogP contribution in [-0.2, 0) is 6.42 Å². The summed E-state index contributed by atoms with van der Waals surface area (Å²) in [5.74, 6) is -0.693. The molecule has 0 spiro atoms. The van der Waals surface area contributed by atoms with Gasteiger partial charge in [-0.25, -0.2) is 18.7 Å². The molecule has 0 aliphatic heterocycles. The number of hydrogen-bond donors (Lipinski definition) is 2. The Morgan fingerprint density at radius 3 is 2.84 bits per heavy atom. The lowest BCUT2D eigenvalue weighted by atomic mass is 10.1. The Hall–Kier alpha value is -3.28. The third-order valence-electron chi connectivity index (χ3n) is 3.56. The van der Waals surface area contributed by atoms with E-state index in [4.69, 9.17) is 0 Å². The Kier molecular flexibility index (Phi) is 4.70. The van der Waals surface area contributed by atoms with E-state index in [2.05, 4.69) is 21.5 Å². The second-order valence-electron chi connectivity index (χ2n) is 5.36. The summed E-state index contributed by atoms with van der Waals surface area (Å²) in [5.41, 5.74) is 1.92. The van der Waals surface area contributed by atoms with Crippen LogP contribution in [0.3, 0.4) is 0 Å². The number of aromatic amines is 1. The van der Waals surface area contributed by atoms with Crippen molar-refractivity contribution in [2.45, 2.75) is 6.42 Å². The smallest absolute Gasteiger partial charge is 0.177 e. The van der Waals surface area contributed by atoms with Crippen LogP contribution in [0.1, 0.15) is 17.0 Å². The molecule has 3 rings (SSSR count). The molecule has 0 saturated carbocycles. The van der Waals surface area contributed by atoms with Gasteiger partial charge in [-0.05, 0) is 23.8 Å². The van der Waals surface area contributed by atoms with Crippen molar-refractivity contribution in [3.8, 4) is 0 Å². The molecule has 2 aromatic heterocycles. The Labute approximate surface area is 142 Å². The first-order chi connectivity index (χ1) is 12.1. The molecule has 0 amide bonds. The number of allylic oxidation sites excluding steroid dienone is 4. The average molecular weight is 339 g/mol. The number of rotatable bonds is 5. The van der Waals surface area contributed by atoms with Gasteiger partial charge in [0.05, 0.1) is 5.52 Å². The molecule has 1 aromatic carbocycles. The molecule has 126 valence electrons. The zero-order chi connectivity index (χ0) is 17.8. The van der Waals surface area contributed by atoms with Gasteiger partial charge in [-0.2, -0.15) is 0 Å². The van der Waals surface area contributed by atoms with Gasteiger partial charge in [0.2, 0.25) is 0 Å². The minimum atomic E-state index is -0.622. The summed E-state index contributed by atoms with van der Waals surface area (Å²) in [6.45, 7) is 3.55. The van der Waals surface area contributed by atoms with Crippen LogP contribution in [-0.4, -0.2) is 20.1 Å². The van der Waals surface area contributed by atoms with Gasteiger partial charge in [0.15, 0.2) is 5.65 Å². The molecule has 0 aliphatic rings. The van der Waals surface area contributed by atoms with E-state index in [0.29, 0.717) is 28.1 Å². The Morgan fingerprint density at radius 1 is 1.24 bits per heavy atom. The van der Waals surface area contributed by atoms with Crippen LogP contribution in [0.15, 0.2) is 61.3 Å². The molecule has 0 radical (unpaired) electrons. The van der Waals surface area contributed by atoms with Gasteiger partial charge in [-0.15, -0.1) is 0 Å². The number of nitrogens with one attached hydrogen (secondary N) is 1. The minimum absolute atomic E-state index is 0.0493. The Morgan fingerprint density at radius 2 is 2.08 bits per heavy atom. The molecular weight excluding hydrogens is 324 g/mol. The first kappa shape index (κ1) is 16.6. The fraction of sp³-hybridized carbons (Fsp3) is 0.0526. The van der Waals surface area contributed by atoms with Crippen molar-refractivity contribution in [1.82, 2.24) is 15.0 Å². The first-order valence-corrected chi connectivity index (χ1v) is 7.54. The highest BCUT2D eigenvalue weighted by Gasteiger charge is 2.10. The largest absolute Gasteiger partial charge is 0.507 e. The number of benzene rings is 1. The molecule has 3 aromatic rings. The number of pyridine rings is 1. The van der Waals surface area contributed by atoms with Gasteiger partial charge in [0.1, 0.15) is 23.2 Å². The topological polar surface area (TPSA) is 61.8 Å². The van der Waals surface area contributed by atoms with Crippen LogP contribution in [0.25, 0.3) is 16.9 Å². The van der Waals surface area contributed by atoms with Crippen molar-refractivity contribution in [3.63, 3.8) is 0 Å². The maximum Gasteiger partial charge on any atom is 0.177 e. The Bertz CT molecular complexity index is 989. The maximum absolute atomic E-state index is 13.8. The molecule has 0 bridgehead atoms. The molecule has 0 fully saturated rings. The summed E-state index contributed by atoms with van der Waals surface area (Å²) < 4.78 is 26.7. The second-order valence-corrected chi connectivity index (χ2v) is 5.36. The maximum atomic E-state index is 13.8. The highest BCUT2D eigenvalue weighted by atomic mass is 19.1. The number of nitrogens with zero attached hydrogens (tertiary/aromatic N) is 2. The van der Waals surface area contributed by atoms with E-state index in [1.807, 2.05) is 0 Å². The predicted molar refractivity (Wildman–Crippen MR) is 93.0 cm³/mol. The molecular formula is C19H15F2N3O. The number of fused-ring (bicyclic) bond motifs is 1. The normalized spacial score (nSPS) is 12.2. The SMILES string of the molecule is C=C/C=C/C=C(\O)c1cnc2nc(Cc3ccc(F)cc3F)[nH]c2c1. The fourth-order valence-electron chi connectivity index (χ4n) is 2.34. The zero-order valence-electron chi connectivity index (χ0n) is 13.2. The van der Waals surface area contributed by atoms with Crippen molar-refractivity contribution in [2.24, 2.45) is 0 Å². The second kappa shape index (κ2) is 7.09. The lowest BCUT2D eigenvalue weighted by Crippen LogP contribution is -1.95. The van der Waals surface area contributed by atoms with E-state index in [1.54, 1.807) is 24.3 Å². The number of aromatic nitrogens is 3. The quantitative estimate of drug-likeness (QED) is 0.533. The number of hydrogen-bond acceptors (Lipinski definition) is 3. The van der Waals surface area contributed by atoms with Gasteiger partial charge < -0.3 is 10.1 Å². The summed E-state index contributed by atoms with van der Waals surface area (Å²) >= 11 is 0. The summed E-state index contributed by atoms with van der Waals surface area (Å²) in [6.07, 6.45) is 8.15. The van der Waals surface area contributed by atoms with Gasteiger partial charge in [0.25, 0.3) is 0 Å². The van der Waals surface area contributed by atoms with Crippen LogP contribution < -0.4 is 0 Å². The molecule has 0 aliphatic carbocycles. The monoisotopic (exact) mass is 339 g/mol. The fourth-order valence-corrected chi connectivity index (χ4v) is 2.34. The van der Waals surface area contributed by atoms with Crippen LogP contribution in [0.4, 0.5) is 8.78 Å². The molecule has 0 unspecified atom stereocenters. The van der Waals surface area contributed by atoms with E-state index in [1.165, 1.54) is 24.4 Å². The molecule has 2 N–H and O–H groups in total. The van der Waals surface area contributed by atoms with Crippen molar-refractivity contribution >= 4 is 16.9 Å². The number of halogens is 2. The highest BCUT2D eigenvalue weighted by molar-refractivity contribution is 5.75. The standard InChI is InChI=1S/C19H15F2N3O/c1-2-3-4-5-17(25)13-8-16-19(22-11-13)24-18(23-16)9-12-6-7-14(20)10-15(12)21/h2-8,10-11,25H,1,9H2,(H,22,23,24)/b4-3+,17-5-. The van der Waals surface area contributed by atoms with E-state index < -0.39 is 11.6 Å².